The maximum absolute atomic E-state index is 6.02. The van der Waals surface area contributed by atoms with Gasteiger partial charge in [-0.05, 0) is 31.7 Å². The van der Waals surface area contributed by atoms with Gasteiger partial charge in [0.1, 0.15) is 12.4 Å². The topological polar surface area (TPSA) is 34.1 Å². The van der Waals surface area contributed by atoms with Gasteiger partial charge in [0.25, 0.3) is 0 Å². The molecule has 1 aromatic heterocycles. The molecule has 1 N–H and O–H groups in total. The zero-order valence-electron chi connectivity index (χ0n) is 11.1. The van der Waals surface area contributed by atoms with Crippen LogP contribution in [0.15, 0.2) is 24.4 Å². The Kier molecular flexibility index (Phi) is 5.19. The summed E-state index contributed by atoms with van der Waals surface area (Å²) in [7, 11) is 0. The molecule has 5 heteroatoms. The fraction of sp³-hybridized carbons (Fsp3) is 0.357. The van der Waals surface area contributed by atoms with E-state index in [1.54, 1.807) is 11.3 Å². The molecule has 19 heavy (non-hydrogen) atoms. The lowest BCUT2D eigenvalue weighted by Gasteiger charge is -2.11. The quantitative estimate of drug-likeness (QED) is 0.880. The summed E-state index contributed by atoms with van der Waals surface area (Å²) in [5.74, 6) is 0.872. The minimum absolute atomic E-state index is 0.548. The molecule has 0 saturated heterocycles. The van der Waals surface area contributed by atoms with E-state index in [1.165, 1.54) is 0 Å². The molecule has 2 aromatic rings. The Labute approximate surface area is 122 Å². The van der Waals surface area contributed by atoms with Gasteiger partial charge in [0, 0.05) is 23.3 Å². The smallest absolute Gasteiger partial charge is 0.124 e. The molecule has 102 valence electrons. The van der Waals surface area contributed by atoms with Gasteiger partial charge in [0.15, 0.2) is 0 Å². The molecular formula is C14H17ClN2OS. The largest absolute Gasteiger partial charge is 0.488 e. The van der Waals surface area contributed by atoms with Crippen molar-refractivity contribution in [1.29, 1.82) is 0 Å². The van der Waals surface area contributed by atoms with Crippen LogP contribution in [0, 0.1) is 6.92 Å². The maximum Gasteiger partial charge on any atom is 0.124 e. The molecule has 0 amide bonds. The van der Waals surface area contributed by atoms with Crippen molar-refractivity contribution in [1.82, 2.24) is 10.3 Å². The van der Waals surface area contributed by atoms with Crippen molar-refractivity contribution in [3.63, 3.8) is 0 Å². The first kappa shape index (κ1) is 14.3. The second kappa shape index (κ2) is 6.89. The van der Waals surface area contributed by atoms with Crippen molar-refractivity contribution in [3.05, 3.63) is 44.9 Å². The van der Waals surface area contributed by atoms with Crippen LogP contribution in [0.1, 0.15) is 22.4 Å². The van der Waals surface area contributed by atoms with E-state index in [0.717, 1.165) is 39.3 Å². The number of aromatic nitrogens is 1. The number of rotatable bonds is 6. The van der Waals surface area contributed by atoms with Crippen molar-refractivity contribution >= 4 is 22.9 Å². The molecule has 0 atom stereocenters. The number of hydrogen-bond donors (Lipinski definition) is 1. The van der Waals surface area contributed by atoms with E-state index in [4.69, 9.17) is 16.3 Å². The summed E-state index contributed by atoms with van der Waals surface area (Å²) >= 11 is 7.68. The van der Waals surface area contributed by atoms with E-state index in [2.05, 4.69) is 17.2 Å². The normalized spacial score (nSPS) is 10.7. The van der Waals surface area contributed by atoms with Gasteiger partial charge in [-0.2, -0.15) is 0 Å². The molecule has 0 spiro atoms. The molecule has 0 radical (unpaired) electrons. The molecule has 1 heterocycles. The summed E-state index contributed by atoms with van der Waals surface area (Å²) in [5.41, 5.74) is 1.08. The first-order chi connectivity index (χ1) is 9.19. The van der Waals surface area contributed by atoms with E-state index in [1.807, 2.05) is 31.3 Å². The number of hydrogen-bond acceptors (Lipinski definition) is 4. The summed E-state index contributed by atoms with van der Waals surface area (Å²) in [4.78, 5) is 5.35. The van der Waals surface area contributed by atoms with Crippen LogP contribution in [0.4, 0.5) is 0 Å². The van der Waals surface area contributed by atoms with Gasteiger partial charge in [-0.1, -0.05) is 18.5 Å². The fourth-order valence-corrected chi connectivity index (χ4v) is 2.61. The van der Waals surface area contributed by atoms with Crippen LogP contribution < -0.4 is 10.1 Å². The Hall–Kier alpha value is -1.10. The molecule has 0 saturated carbocycles. The zero-order chi connectivity index (χ0) is 13.7. The molecular weight excluding hydrogens is 280 g/mol. The first-order valence-corrected chi connectivity index (χ1v) is 7.41. The van der Waals surface area contributed by atoms with Gasteiger partial charge in [-0.15, -0.1) is 11.3 Å². The third kappa shape index (κ3) is 4.20. The third-order valence-electron chi connectivity index (χ3n) is 2.63. The number of nitrogens with one attached hydrogen (secondary N) is 1. The molecule has 0 aliphatic heterocycles. The molecule has 2 rings (SSSR count). The highest BCUT2D eigenvalue weighted by Gasteiger charge is 2.06. The third-order valence-corrected chi connectivity index (χ3v) is 3.75. The van der Waals surface area contributed by atoms with Crippen LogP contribution >= 0.6 is 22.9 Å². The van der Waals surface area contributed by atoms with E-state index in [0.29, 0.717) is 6.61 Å². The molecule has 0 aliphatic carbocycles. The monoisotopic (exact) mass is 296 g/mol. The highest BCUT2D eigenvalue weighted by Crippen LogP contribution is 2.24. The van der Waals surface area contributed by atoms with Crippen molar-refractivity contribution in [2.75, 3.05) is 6.54 Å². The van der Waals surface area contributed by atoms with E-state index in [-0.39, 0.29) is 0 Å². The van der Waals surface area contributed by atoms with Gasteiger partial charge < -0.3 is 10.1 Å². The molecule has 1 aromatic carbocycles. The van der Waals surface area contributed by atoms with Crippen LogP contribution in [-0.2, 0) is 13.2 Å². The minimum Gasteiger partial charge on any atom is -0.488 e. The molecule has 3 nitrogen and oxygen atoms in total. The SMILES string of the molecule is CCNCc1cc(Cl)ccc1OCc1cnc(C)s1. The Bertz CT molecular complexity index is 542. The number of halogens is 1. The van der Waals surface area contributed by atoms with E-state index >= 15 is 0 Å². The van der Waals surface area contributed by atoms with Crippen LogP contribution in [0.25, 0.3) is 0 Å². The second-order valence-electron chi connectivity index (χ2n) is 4.17. The summed E-state index contributed by atoms with van der Waals surface area (Å²) < 4.78 is 5.86. The molecule has 0 bridgehead atoms. The fourth-order valence-electron chi connectivity index (χ4n) is 1.71. The molecule has 0 fully saturated rings. The van der Waals surface area contributed by atoms with Gasteiger partial charge in [0.2, 0.25) is 0 Å². The minimum atomic E-state index is 0.548. The first-order valence-electron chi connectivity index (χ1n) is 6.22. The average molecular weight is 297 g/mol. The Balaban J connectivity index is 2.05. The van der Waals surface area contributed by atoms with Crippen molar-refractivity contribution in [2.45, 2.75) is 27.0 Å². The van der Waals surface area contributed by atoms with Gasteiger partial charge in [0.05, 0.1) is 9.88 Å². The highest BCUT2D eigenvalue weighted by atomic mass is 35.5. The number of aryl methyl sites for hydroxylation is 1. The number of ether oxygens (including phenoxy) is 1. The number of nitrogens with zero attached hydrogens (tertiary/aromatic N) is 1. The summed E-state index contributed by atoms with van der Waals surface area (Å²) in [6.07, 6.45) is 1.86. The van der Waals surface area contributed by atoms with Crippen LogP contribution in [0.2, 0.25) is 5.02 Å². The van der Waals surface area contributed by atoms with Gasteiger partial charge in [-0.3, -0.25) is 0 Å². The average Bonchev–Trinajstić information content (AvgIpc) is 2.81. The second-order valence-corrected chi connectivity index (χ2v) is 5.92. The highest BCUT2D eigenvalue weighted by molar-refractivity contribution is 7.11. The summed E-state index contributed by atoms with van der Waals surface area (Å²) in [5, 5.41) is 5.07. The van der Waals surface area contributed by atoms with Crippen LogP contribution in [0.5, 0.6) is 5.75 Å². The lowest BCUT2D eigenvalue weighted by Crippen LogP contribution is -2.12. The molecule has 0 unspecified atom stereocenters. The van der Waals surface area contributed by atoms with E-state index in [9.17, 15) is 0 Å². The lowest BCUT2D eigenvalue weighted by molar-refractivity contribution is 0.305. The Morgan fingerprint density at radius 1 is 1.42 bits per heavy atom. The summed E-state index contributed by atoms with van der Waals surface area (Å²) in [6, 6.07) is 5.71. The predicted molar refractivity (Wildman–Crippen MR) is 80.0 cm³/mol. The van der Waals surface area contributed by atoms with Gasteiger partial charge in [-0.25, -0.2) is 4.98 Å². The lowest BCUT2D eigenvalue weighted by atomic mass is 10.2. The Morgan fingerprint density at radius 2 is 2.26 bits per heavy atom. The van der Waals surface area contributed by atoms with E-state index < -0.39 is 0 Å². The maximum atomic E-state index is 6.02. The van der Waals surface area contributed by atoms with Crippen molar-refractivity contribution in [2.24, 2.45) is 0 Å². The van der Waals surface area contributed by atoms with Gasteiger partial charge >= 0.3 is 0 Å². The Morgan fingerprint density at radius 3 is 2.95 bits per heavy atom. The standard InChI is InChI=1S/C14H17ClN2OS/c1-3-16-7-11-6-12(15)4-5-14(11)18-9-13-8-17-10(2)19-13/h4-6,8,16H,3,7,9H2,1-2H3. The predicted octanol–water partition coefficient (Wildman–Crippen LogP) is 3.79. The zero-order valence-corrected chi connectivity index (χ0v) is 12.6. The van der Waals surface area contributed by atoms with Crippen molar-refractivity contribution < 1.29 is 4.74 Å². The molecule has 0 aliphatic rings. The number of thiazole rings is 1. The summed E-state index contributed by atoms with van der Waals surface area (Å²) in [6.45, 7) is 6.29. The van der Waals surface area contributed by atoms with Crippen molar-refractivity contribution in [3.8, 4) is 5.75 Å². The van der Waals surface area contributed by atoms with Crippen LogP contribution in [0.3, 0.4) is 0 Å². The number of benzene rings is 1. The van der Waals surface area contributed by atoms with Crippen LogP contribution in [-0.4, -0.2) is 11.5 Å².